The predicted molar refractivity (Wildman–Crippen MR) is 147 cm³/mol. The summed E-state index contributed by atoms with van der Waals surface area (Å²) in [5, 5.41) is 0. The Morgan fingerprint density at radius 3 is 1.35 bits per heavy atom. The highest BCUT2D eigenvalue weighted by atomic mass is 31.2. The van der Waals surface area contributed by atoms with E-state index in [2.05, 4.69) is 0 Å². The molecule has 0 bridgehead atoms. The van der Waals surface area contributed by atoms with Crippen molar-refractivity contribution < 1.29 is 18.5 Å². The van der Waals surface area contributed by atoms with Crippen LogP contribution in [0.2, 0.25) is 0 Å². The third-order valence-electron chi connectivity index (χ3n) is 6.65. The van der Waals surface area contributed by atoms with E-state index in [1.165, 1.54) is 0 Å². The summed E-state index contributed by atoms with van der Waals surface area (Å²) in [6.07, 6.45) is 3.48. The van der Waals surface area contributed by atoms with Crippen molar-refractivity contribution in [2.75, 3.05) is 23.9 Å². The Morgan fingerprint density at radius 2 is 0.919 bits per heavy atom. The fourth-order valence-corrected chi connectivity index (χ4v) is 5.71. The minimum absolute atomic E-state index is 0.200. The Bertz CT molecular complexity index is 1510. The maximum atomic E-state index is 13.5. The van der Waals surface area contributed by atoms with Crippen LogP contribution in [0.25, 0.3) is 23.7 Å². The van der Waals surface area contributed by atoms with Gasteiger partial charge in [0.15, 0.2) is 0 Å². The predicted octanol–water partition coefficient (Wildman–Crippen LogP) is 7.05. The lowest BCUT2D eigenvalue weighted by Crippen LogP contribution is -2.12. The van der Waals surface area contributed by atoms with Crippen LogP contribution in [0, 0.1) is 0 Å². The van der Waals surface area contributed by atoms with Gasteiger partial charge in [-0.3, -0.25) is 0 Å². The number of hydrogen-bond acceptors (Lipinski definition) is 6. The van der Waals surface area contributed by atoms with Gasteiger partial charge in [-0.1, -0.05) is 60.7 Å². The molecule has 37 heavy (non-hydrogen) atoms. The number of benzene rings is 4. The molecule has 0 aromatic heterocycles. The Kier molecular flexibility index (Phi) is 5.64. The molecule has 184 valence electrons. The van der Waals surface area contributed by atoms with E-state index in [0.717, 1.165) is 33.9 Å². The molecule has 0 radical (unpaired) electrons. The molecule has 0 fully saturated rings. The van der Waals surface area contributed by atoms with Gasteiger partial charge in [0.05, 0.1) is 11.4 Å². The van der Waals surface area contributed by atoms with Gasteiger partial charge < -0.3 is 23.7 Å². The van der Waals surface area contributed by atoms with Crippen LogP contribution in [0.1, 0.15) is 22.3 Å². The van der Waals surface area contributed by atoms with Crippen molar-refractivity contribution >= 4 is 54.2 Å². The molecule has 0 unspecified atom stereocenters. The molecule has 6 nitrogen and oxygen atoms in total. The zero-order chi connectivity index (χ0) is 25.6. The summed E-state index contributed by atoms with van der Waals surface area (Å²) in [4.78, 5) is 17.5. The summed E-state index contributed by atoms with van der Waals surface area (Å²) in [5.74, 6) is 0.400. The number of fused-ring (bicyclic) bond motifs is 4. The average molecular weight is 508 g/mol. The molecule has 2 aliphatic rings. The maximum Gasteiger partial charge on any atom is 0.372 e. The molecular formula is C30H24N2O4P-. The van der Waals surface area contributed by atoms with Crippen LogP contribution in [0.5, 0.6) is 0 Å². The molecular weight excluding hydrogens is 483 g/mol. The van der Waals surface area contributed by atoms with Gasteiger partial charge in [-0.05, 0) is 48.6 Å². The van der Waals surface area contributed by atoms with E-state index in [9.17, 15) is 9.46 Å². The van der Waals surface area contributed by atoms with E-state index in [4.69, 9.17) is 9.05 Å². The van der Waals surface area contributed by atoms with Gasteiger partial charge in [0.2, 0.25) is 0 Å². The second-order valence-electron chi connectivity index (χ2n) is 8.92. The number of anilines is 4. The first kappa shape index (κ1) is 23.2. The third kappa shape index (κ3) is 4.20. The van der Waals surface area contributed by atoms with Crippen LogP contribution < -0.4 is 14.7 Å². The number of para-hydroxylation sites is 4. The number of hydrogen-bond donors (Lipinski definition) is 0. The fourth-order valence-electron chi connectivity index (χ4n) is 4.89. The lowest BCUT2D eigenvalue weighted by Gasteiger charge is -2.28. The van der Waals surface area contributed by atoms with Crippen molar-refractivity contribution in [1.29, 1.82) is 0 Å². The van der Waals surface area contributed by atoms with E-state index in [0.29, 0.717) is 11.1 Å². The fraction of sp³-hybridized carbons (Fsp3) is 0.0667. The molecule has 2 aliphatic heterocycles. The maximum absolute atomic E-state index is 13.5. The summed E-state index contributed by atoms with van der Waals surface area (Å²) >= 11 is 0. The molecule has 6 rings (SSSR count). The smallest absolute Gasteiger partial charge is 0.372 e. The van der Waals surface area contributed by atoms with Crippen LogP contribution in [0.3, 0.4) is 0 Å². The van der Waals surface area contributed by atoms with Gasteiger partial charge in [-0.25, -0.2) is 4.57 Å². The van der Waals surface area contributed by atoms with Crippen molar-refractivity contribution in [3.63, 3.8) is 0 Å². The first-order valence-electron chi connectivity index (χ1n) is 11.9. The quantitative estimate of drug-likeness (QED) is 0.276. The first-order valence-corrected chi connectivity index (χ1v) is 13.4. The van der Waals surface area contributed by atoms with Crippen LogP contribution >= 0.6 is 7.82 Å². The van der Waals surface area contributed by atoms with Crippen LogP contribution in [0.4, 0.5) is 22.7 Å². The van der Waals surface area contributed by atoms with Crippen molar-refractivity contribution in [3.8, 4) is 0 Å². The summed E-state index contributed by atoms with van der Waals surface area (Å²) in [7, 11) is -0.971. The number of phosphoric ester groups is 1. The molecule has 7 heteroatoms. The lowest BCUT2D eigenvalue weighted by atomic mass is 10.1. The summed E-state index contributed by atoms with van der Waals surface area (Å²) in [6, 6.07) is 30.6. The monoisotopic (exact) mass is 507 g/mol. The molecule has 0 amide bonds. The van der Waals surface area contributed by atoms with Gasteiger partial charge in [-0.2, -0.15) is 0 Å². The van der Waals surface area contributed by atoms with Crippen LogP contribution in [-0.4, -0.2) is 14.1 Å². The second-order valence-corrected chi connectivity index (χ2v) is 10.2. The van der Waals surface area contributed by atoms with E-state index >= 15 is 0 Å². The van der Waals surface area contributed by atoms with E-state index < -0.39 is 7.82 Å². The standard InChI is InChI=1S/C30H25N2O4P/c1-31-25-15-7-3-11-21(25)19-29(23-13-5-9-17-27(23)31)35-37(33,34)36-30-20-22-12-4-8-16-26(22)32(2)28-18-10-6-14-24(28)30/h3-20H,1-2H3,(H,33,34)/p-1. The highest BCUT2D eigenvalue weighted by molar-refractivity contribution is 7.46. The molecule has 2 heterocycles. The largest absolute Gasteiger partial charge is 0.736 e. The Labute approximate surface area is 215 Å². The van der Waals surface area contributed by atoms with Crippen molar-refractivity contribution in [1.82, 2.24) is 0 Å². The zero-order valence-electron chi connectivity index (χ0n) is 20.4. The normalized spacial score (nSPS) is 14.1. The minimum Gasteiger partial charge on any atom is -0.736 e. The zero-order valence-corrected chi connectivity index (χ0v) is 21.3. The van der Waals surface area contributed by atoms with Gasteiger partial charge in [-0.15, -0.1) is 0 Å². The number of rotatable bonds is 4. The van der Waals surface area contributed by atoms with Gasteiger partial charge >= 0.3 is 7.82 Å². The summed E-state index contributed by atoms with van der Waals surface area (Å²) in [6.45, 7) is 0. The van der Waals surface area contributed by atoms with Crippen LogP contribution in [0.15, 0.2) is 97.1 Å². The topological polar surface area (TPSA) is 65.1 Å². The Hall–Kier alpha value is -4.25. The van der Waals surface area contributed by atoms with E-state index in [1.807, 2.05) is 121 Å². The van der Waals surface area contributed by atoms with Crippen molar-refractivity contribution in [2.45, 2.75) is 0 Å². The van der Waals surface area contributed by atoms with Crippen molar-refractivity contribution in [3.05, 3.63) is 119 Å². The number of nitrogens with zero attached hydrogens (tertiary/aromatic N) is 2. The highest BCUT2D eigenvalue weighted by Gasteiger charge is 2.27. The van der Waals surface area contributed by atoms with Gasteiger partial charge in [0.1, 0.15) is 11.5 Å². The molecule has 0 N–H and O–H groups in total. The molecule has 0 aliphatic carbocycles. The average Bonchev–Trinajstić information content (AvgIpc) is 3.10. The Balaban J connectivity index is 1.42. The SMILES string of the molecule is CN1c2ccccc2C=C(OP(=O)([O-])OC2=Cc3ccccc3N(C)c3ccccc32)c2ccccc21. The van der Waals surface area contributed by atoms with Crippen LogP contribution in [-0.2, 0) is 13.6 Å². The molecule has 0 atom stereocenters. The second kappa shape index (κ2) is 9.00. The van der Waals surface area contributed by atoms with Crippen molar-refractivity contribution in [2.24, 2.45) is 0 Å². The first-order chi connectivity index (χ1) is 17.9. The molecule has 4 aromatic carbocycles. The summed E-state index contributed by atoms with van der Waals surface area (Å²) < 4.78 is 24.9. The molecule has 0 spiro atoms. The molecule has 4 aromatic rings. The van der Waals surface area contributed by atoms with Gasteiger partial charge in [0, 0.05) is 47.7 Å². The van der Waals surface area contributed by atoms with E-state index in [-0.39, 0.29) is 11.5 Å². The third-order valence-corrected chi connectivity index (χ3v) is 7.49. The molecule has 0 saturated heterocycles. The Morgan fingerprint density at radius 1 is 0.568 bits per heavy atom. The highest BCUT2D eigenvalue weighted by Crippen LogP contribution is 2.52. The van der Waals surface area contributed by atoms with Gasteiger partial charge in [0.25, 0.3) is 0 Å². The minimum atomic E-state index is -4.87. The molecule has 0 saturated carbocycles. The number of phosphoric acid groups is 1. The van der Waals surface area contributed by atoms with E-state index in [1.54, 1.807) is 12.2 Å². The lowest BCUT2D eigenvalue weighted by molar-refractivity contribution is -0.213. The summed E-state index contributed by atoms with van der Waals surface area (Å²) in [5.41, 5.74) is 6.52.